The molecule has 1 N–H and O–H groups in total. The van der Waals surface area contributed by atoms with Gasteiger partial charge in [0.2, 0.25) is 0 Å². The summed E-state index contributed by atoms with van der Waals surface area (Å²) in [5, 5.41) is 9.91. The highest BCUT2D eigenvalue weighted by atomic mass is 32.2. The summed E-state index contributed by atoms with van der Waals surface area (Å²) in [6, 6.07) is 5.49. The lowest BCUT2D eigenvalue weighted by Crippen LogP contribution is -2.04. The van der Waals surface area contributed by atoms with Crippen LogP contribution in [-0.2, 0) is 0 Å². The standard InChI is InChI=1S/C13H16N2O2S/c1-3-9(2)8-18-12-11(13(16)17)15-7-5-4-6-10(15)14-12/h4-7,9H,3,8H2,1-2H3,(H,16,17). The molecule has 18 heavy (non-hydrogen) atoms. The minimum Gasteiger partial charge on any atom is -0.476 e. The number of carboxylic acid groups (broad SMARTS) is 1. The highest BCUT2D eigenvalue weighted by molar-refractivity contribution is 7.99. The van der Waals surface area contributed by atoms with Gasteiger partial charge in [0.15, 0.2) is 5.69 Å². The summed E-state index contributed by atoms with van der Waals surface area (Å²) >= 11 is 1.52. The van der Waals surface area contributed by atoms with Crippen LogP contribution in [0.4, 0.5) is 0 Å². The molecule has 2 aromatic heterocycles. The van der Waals surface area contributed by atoms with Gasteiger partial charge < -0.3 is 5.11 Å². The van der Waals surface area contributed by atoms with Gasteiger partial charge in [-0.3, -0.25) is 4.40 Å². The van der Waals surface area contributed by atoms with Crippen LogP contribution in [-0.4, -0.2) is 26.2 Å². The Morgan fingerprint density at radius 1 is 1.56 bits per heavy atom. The van der Waals surface area contributed by atoms with E-state index in [4.69, 9.17) is 0 Å². The van der Waals surface area contributed by atoms with Crippen molar-refractivity contribution in [1.82, 2.24) is 9.38 Å². The van der Waals surface area contributed by atoms with Crippen LogP contribution in [0.2, 0.25) is 0 Å². The van der Waals surface area contributed by atoms with Crippen LogP contribution in [0.15, 0.2) is 29.4 Å². The lowest BCUT2D eigenvalue weighted by atomic mass is 10.2. The van der Waals surface area contributed by atoms with Gasteiger partial charge in [-0.15, -0.1) is 11.8 Å². The van der Waals surface area contributed by atoms with E-state index in [0.717, 1.165) is 12.2 Å². The van der Waals surface area contributed by atoms with Crippen LogP contribution >= 0.6 is 11.8 Å². The second kappa shape index (κ2) is 5.44. The van der Waals surface area contributed by atoms with E-state index in [-0.39, 0.29) is 5.69 Å². The van der Waals surface area contributed by atoms with E-state index in [1.165, 1.54) is 11.8 Å². The molecule has 0 saturated heterocycles. The Balaban J connectivity index is 2.37. The Morgan fingerprint density at radius 2 is 2.33 bits per heavy atom. The first kappa shape index (κ1) is 13.0. The average molecular weight is 264 g/mol. The Morgan fingerprint density at radius 3 is 3.00 bits per heavy atom. The van der Waals surface area contributed by atoms with Gasteiger partial charge >= 0.3 is 5.97 Å². The lowest BCUT2D eigenvalue weighted by molar-refractivity contribution is 0.0685. The summed E-state index contributed by atoms with van der Waals surface area (Å²) in [6.07, 6.45) is 2.82. The number of carbonyl (C=O) groups is 1. The highest BCUT2D eigenvalue weighted by Crippen LogP contribution is 2.26. The maximum atomic E-state index is 11.3. The molecule has 0 aromatic carbocycles. The van der Waals surface area contributed by atoms with E-state index in [2.05, 4.69) is 18.8 Å². The van der Waals surface area contributed by atoms with E-state index >= 15 is 0 Å². The molecule has 0 spiro atoms. The first-order valence-corrected chi connectivity index (χ1v) is 6.95. The van der Waals surface area contributed by atoms with E-state index < -0.39 is 5.97 Å². The number of hydrogen-bond donors (Lipinski definition) is 1. The number of rotatable bonds is 5. The number of aromatic carboxylic acids is 1. The van der Waals surface area contributed by atoms with Gasteiger partial charge in [-0.1, -0.05) is 26.3 Å². The number of imidazole rings is 1. The van der Waals surface area contributed by atoms with Crippen LogP contribution in [0.3, 0.4) is 0 Å². The third-order valence-electron chi connectivity index (χ3n) is 2.90. The van der Waals surface area contributed by atoms with Gasteiger partial charge in [0.05, 0.1) is 0 Å². The maximum Gasteiger partial charge on any atom is 0.355 e. The minimum atomic E-state index is -0.930. The van der Waals surface area contributed by atoms with Crippen molar-refractivity contribution < 1.29 is 9.90 Å². The molecule has 0 aliphatic rings. The molecule has 1 unspecified atom stereocenters. The summed E-state index contributed by atoms with van der Waals surface area (Å²) in [6.45, 7) is 4.29. The van der Waals surface area contributed by atoms with Crippen molar-refractivity contribution in [3.63, 3.8) is 0 Å². The molecule has 2 aromatic rings. The molecule has 1 atom stereocenters. The zero-order chi connectivity index (χ0) is 13.1. The topological polar surface area (TPSA) is 54.6 Å². The molecular weight excluding hydrogens is 248 g/mol. The largest absolute Gasteiger partial charge is 0.476 e. The molecule has 0 radical (unpaired) electrons. The van der Waals surface area contributed by atoms with Crippen LogP contribution in [0.25, 0.3) is 5.65 Å². The Kier molecular flexibility index (Phi) is 3.91. The molecule has 0 aliphatic carbocycles. The van der Waals surface area contributed by atoms with Crippen molar-refractivity contribution >= 4 is 23.4 Å². The van der Waals surface area contributed by atoms with E-state index in [1.807, 2.05) is 18.2 Å². The number of carboxylic acids is 1. The molecule has 0 saturated carbocycles. The van der Waals surface area contributed by atoms with Crippen molar-refractivity contribution in [3.05, 3.63) is 30.1 Å². The average Bonchev–Trinajstić information content (AvgIpc) is 2.74. The molecule has 0 amide bonds. The van der Waals surface area contributed by atoms with Crippen molar-refractivity contribution in [3.8, 4) is 0 Å². The van der Waals surface area contributed by atoms with Crippen molar-refractivity contribution in [1.29, 1.82) is 0 Å². The number of hydrogen-bond acceptors (Lipinski definition) is 3. The fraction of sp³-hybridized carbons (Fsp3) is 0.385. The maximum absolute atomic E-state index is 11.3. The van der Waals surface area contributed by atoms with Gasteiger partial charge in [0.25, 0.3) is 0 Å². The summed E-state index contributed by atoms with van der Waals surface area (Å²) in [5.74, 6) is 0.516. The van der Waals surface area contributed by atoms with Gasteiger partial charge in [0.1, 0.15) is 10.7 Å². The number of nitrogens with zero attached hydrogens (tertiary/aromatic N) is 2. The Hall–Kier alpha value is -1.49. The first-order valence-electron chi connectivity index (χ1n) is 5.96. The summed E-state index contributed by atoms with van der Waals surface area (Å²) in [5.41, 5.74) is 0.945. The third kappa shape index (κ3) is 2.51. The molecule has 2 heterocycles. The normalized spacial score (nSPS) is 12.8. The third-order valence-corrected chi connectivity index (χ3v) is 4.20. The van der Waals surface area contributed by atoms with Crippen LogP contribution < -0.4 is 0 Å². The molecular formula is C13H16N2O2S. The van der Waals surface area contributed by atoms with E-state index in [9.17, 15) is 9.90 Å². The summed E-state index contributed by atoms with van der Waals surface area (Å²) in [7, 11) is 0. The molecule has 96 valence electrons. The van der Waals surface area contributed by atoms with E-state index in [1.54, 1.807) is 10.6 Å². The SMILES string of the molecule is CCC(C)CSc1nc2ccccn2c1C(=O)O. The van der Waals surface area contributed by atoms with Gasteiger partial charge in [-0.2, -0.15) is 0 Å². The molecule has 2 rings (SSSR count). The zero-order valence-corrected chi connectivity index (χ0v) is 11.3. The van der Waals surface area contributed by atoms with Crippen LogP contribution in [0, 0.1) is 5.92 Å². The monoisotopic (exact) mass is 264 g/mol. The lowest BCUT2D eigenvalue weighted by Gasteiger charge is -2.06. The second-order valence-corrected chi connectivity index (χ2v) is 5.33. The van der Waals surface area contributed by atoms with E-state index in [0.29, 0.717) is 16.6 Å². The number of aromatic nitrogens is 2. The van der Waals surface area contributed by atoms with Crippen LogP contribution in [0.1, 0.15) is 30.8 Å². The quantitative estimate of drug-likeness (QED) is 0.843. The number of fused-ring (bicyclic) bond motifs is 1. The van der Waals surface area contributed by atoms with Gasteiger partial charge in [0, 0.05) is 11.9 Å². The highest BCUT2D eigenvalue weighted by Gasteiger charge is 2.18. The predicted octanol–water partition coefficient (Wildman–Crippen LogP) is 3.17. The second-order valence-electron chi connectivity index (χ2n) is 4.32. The van der Waals surface area contributed by atoms with Gasteiger partial charge in [-0.05, 0) is 18.1 Å². The molecule has 5 heteroatoms. The van der Waals surface area contributed by atoms with Crippen LogP contribution in [0.5, 0.6) is 0 Å². The van der Waals surface area contributed by atoms with Crippen molar-refractivity contribution in [2.75, 3.05) is 5.75 Å². The summed E-state index contributed by atoms with van der Waals surface area (Å²) < 4.78 is 1.63. The zero-order valence-electron chi connectivity index (χ0n) is 10.5. The predicted molar refractivity (Wildman–Crippen MR) is 72.3 cm³/mol. The first-order chi connectivity index (χ1) is 8.63. The smallest absolute Gasteiger partial charge is 0.355 e. The fourth-order valence-electron chi connectivity index (χ4n) is 1.61. The number of pyridine rings is 1. The van der Waals surface area contributed by atoms with Gasteiger partial charge in [-0.25, -0.2) is 9.78 Å². The Bertz CT molecular complexity index is 565. The summed E-state index contributed by atoms with van der Waals surface area (Å²) in [4.78, 5) is 15.7. The number of thioether (sulfide) groups is 1. The molecule has 0 aliphatic heterocycles. The van der Waals surface area contributed by atoms with Crippen molar-refractivity contribution in [2.45, 2.75) is 25.3 Å². The Labute approximate surface area is 110 Å². The minimum absolute atomic E-state index is 0.263. The van der Waals surface area contributed by atoms with Crippen molar-refractivity contribution in [2.24, 2.45) is 5.92 Å². The molecule has 4 nitrogen and oxygen atoms in total. The molecule has 0 fully saturated rings. The molecule has 0 bridgehead atoms. The fourth-order valence-corrected chi connectivity index (χ4v) is 2.77.